The fraction of sp³-hybridized carbons (Fsp3) is 0. The minimum absolute atomic E-state index is 0.116. The standard InChI is InChI=1S/C14H7BrCl2FN3/c15-9-5-7(18)6-10(16)12(9)20-13-8-3-1-2-4-11(8)19-14(17)21-13/h1-6H,(H,19,20,21). The molecular weight excluding hydrogens is 380 g/mol. The predicted molar refractivity (Wildman–Crippen MR) is 86.9 cm³/mol. The summed E-state index contributed by atoms with van der Waals surface area (Å²) in [5.41, 5.74) is 1.22. The highest BCUT2D eigenvalue weighted by molar-refractivity contribution is 9.10. The molecule has 0 saturated heterocycles. The van der Waals surface area contributed by atoms with Crippen LogP contribution in [0.15, 0.2) is 40.9 Å². The van der Waals surface area contributed by atoms with Crippen LogP contribution >= 0.6 is 39.1 Å². The Hall–Kier alpha value is -1.43. The Morgan fingerprint density at radius 1 is 1.10 bits per heavy atom. The molecule has 21 heavy (non-hydrogen) atoms. The zero-order valence-electron chi connectivity index (χ0n) is 10.4. The van der Waals surface area contributed by atoms with E-state index in [1.165, 1.54) is 12.1 Å². The summed E-state index contributed by atoms with van der Waals surface area (Å²) < 4.78 is 13.8. The lowest BCUT2D eigenvalue weighted by molar-refractivity contribution is 0.627. The second-order valence-corrected chi connectivity index (χ2v) is 5.83. The molecule has 1 aromatic heterocycles. The Morgan fingerprint density at radius 2 is 1.86 bits per heavy atom. The molecule has 0 fully saturated rings. The van der Waals surface area contributed by atoms with Crippen molar-refractivity contribution in [3.8, 4) is 0 Å². The van der Waals surface area contributed by atoms with Gasteiger partial charge in [-0.1, -0.05) is 23.7 Å². The monoisotopic (exact) mass is 385 g/mol. The summed E-state index contributed by atoms with van der Waals surface area (Å²) in [6, 6.07) is 9.95. The predicted octanol–water partition coefficient (Wildman–Crippen LogP) is 5.58. The van der Waals surface area contributed by atoms with Crippen molar-refractivity contribution in [1.82, 2.24) is 9.97 Å². The lowest BCUT2D eigenvalue weighted by Crippen LogP contribution is -1.99. The van der Waals surface area contributed by atoms with Crippen molar-refractivity contribution < 1.29 is 4.39 Å². The van der Waals surface area contributed by atoms with Crippen molar-refractivity contribution in [2.24, 2.45) is 0 Å². The summed E-state index contributed by atoms with van der Waals surface area (Å²) in [5.74, 6) is 0.0720. The molecule has 3 nitrogen and oxygen atoms in total. The molecule has 0 radical (unpaired) electrons. The minimum Gasteiger partial charge on any atom is -0.337 e. The second kappa shape index (κ2) is 5.75. The maximum atomic E-state index is 13.3. The Balaban J connectivity index is 2.15. The Morgan fingerprint density at radius 3 is 2.62 bits per heavy atom. The van der Waals surface area contributed by atoms with Crippen LogP contribution in [0.2, 0.25) is 10.3 Å². The van der Waals surface area contributed by atoms with Gasteiger partial charge in [-0.25, -0.2) is 9.37 Å². The number of aromatic nitrogens is 2. The van der Waals surface area contributed by atoms with E-state index in [0.717, 1.165) is 5.39 Å². The van der Waals surface area contributed by atoms with Crippen molar-refractivity contribution in [2.45, 2.75) is 0 Å². The molecule has 3 aromatic rings. The number of rotatable bonds is 2. The van der Waals surface area contributed by atoms with Crippen LogP contribution < -0.4 is 5.32 Å². The first kappa shape index (κ1) is 14.5. The van der Waals surface area contributed by atoms with E-state index in [2.05, 4.69) is 31.2 Å². The van der Waals surface area contributed by atoms with Crippen LogP contribution in [0.1, 0.15) is 0 Å². The average Bonchev–Trinajstić information content (AvgIpc) is 2.42. The minimum atomic E-state index is -0.428. The number of nitrogens with one attached hydrogen (secondary N) is 1. The van der Waals surface area contributed by atoms with Gasteiger partial charge < -0.3 is 5.32 Å². The molecular formula is C14H7BrCl2FN3. The zero-order valence-corrected chi connectivity index (χ0v) is 13.5. The fourth-order valence-electron chi connectivity index (χ4n) is 1.92. The highest BCUT2D eigenvalue weighted by atomic mass is 79.9. The molecule has 0 spiro atoms. The van der Waals surface area contributed by atoms with E-state index in [1.807, 2.05) is 24.3 Å². The van der Waals surface area contributed by atoms with E-state index in [1.54, 1.807) is 0 Å². The fourth-order valence-corrected chi connectivity index (χ4v) is 3.00. The van der Waals surface area contributed by atoms with E-state index in [4.69, 9.17) is 23.2 Å². The van der Waals surface area contributed by atoms with Gasteiger partial charge in [0.25, 0.3) is 0 Å². The van der Waals surface area contributed by atoms with Gasteiger partial charge in [-0.15, -0.1) is 0 Å². The molecule has 0 saturated carbocycles. The molecule has 2 aromatic carbocycles. The normalized spacial score (nSPS) is 10.9. The zero-order chi connectivity index (χ0) is 15.0. The van der Waals surface area contributed by atoms with Gasteiger partial charge in [0.1, 0.15) is 11.6 Å². The first-order valence-electron chi connectivity index (χ1n) is 5.88. The van der Waals surface area contributed by atoms with Crippen LogP contribution in [0.25, 0.3) is 10.9 Å². The Bertz CT molecular complexity index is 819. The highest BCUT2D eigenvalue weighted by Gasteiger charge is 2.12. The van der Waals surface area contributed by atoms with Crippen LogP contribution in [0.5, 0.6) is 0 Å². The summed E-state index contributed by atoms with van der Waals surface area (Å²) in [5, 5.41) is 4.21. The third-order valence-corrected chi connectivity index (χ3v) is 3.92. The van der Waals surface area contributed by atoms with Gasteiger partial charge in [0.2, 0.25) is 5.28 Å². The number of fused-ring (bicyclic) bond motifs is 1. The van der Waals surface area contributed by atoms with Crippen LogP contribution in [-0.2, 0) is 0 Å². The van der Waals surface area contributed by atoms with Crippen molar-refractivity contribution >= 4 is 61.5 Å². The number of para-hydroxylation sites is 1. The third-order valence-electron chi connectivity index (χ3n) is 2.83. The molecule has 106 valence electrons. The first-order chi connectivity index (χ1) is 10.0. The van der Waals surface area contributed by atoms with E-state index in [9.17, 15) is 4.39 Å². The second-order valence-electron chi connectivity index (χ2n) is 4.23. The number of hydrogen-bond donors (Lipinski definition) is 1. The summed E-state index contributed by atoms with van der Waals surface area (Å²) >= 11 is 15.3. The maximum absolute atomic E-state index is 13.3. The summed E-state index contributed by atoms with van der Waals surface area (Å²) in [6.45, 7) is 0. The van der Waals surface area contributed by atoms with Crippen molar-refractivity contribution in [3.63, 3.8) is 0 Å². The lowest BCUT2D eigenvalue weighted by Gasteiger charge is -2.12. The van der Waals surface area contributed by atoms with Crippen LogP contribution in [0, 0.1) is 5.82 Å². The Kier molecular flexibility index (Phi) is 3.97. The molecule has 0 aliphatic carbocycles. The smallest absolute Gasteiger partial charge is 0.224 e. The topological polar surface area (TPSA) is 37.8 Å². The van der Waals surface area contributed by atoms with E-state index in [-0.39, 0.29) is 10.3 Å². The number of hydrogen-bond acceptors (Lipinski definition) is 3. The molecule has 1 heterocycles. The SMILES string of the molecule is Fc1cc(Cl)c(Nc2nc(Cl)nc3ccccc23)c(Br)c1. The third kappa shape index (κ3) is 2.95. The van der Waals surface area contributed by atoms with Gasteiger partial charge in [0.05, 0.1) is 16.2 Å². The summed E-state index contributed by atoms with van der Waals surface area (Å²) in [7, 11) is 0. The molecule has 0 bridgehead atoms. The average molecular weight is 387 g/mol. The van der Waals surface area contributed by atoms with Crippen LogP contribution in [-0.4, -0.2) is 9.97 Å². The largest absolute Gasteiger partial charge is 0.337 e. The van der Waals surface area contributed by atoms with Gasteiger partial charge in [0.15, 0.2) is 0 Å². The van der Waals surface area contributed by atoms with Gasteiger partial charge >= 0.3 is 0 Å². The molecule has 0 amide bonds. The first-order valence-corrected chi connectivity index (χ1v) is 7.43. The van der Waals surface area contributed by atoms with Crippen molar-refractivity contribution in [3.05, 3.63) is 57.0 Å². The molecule has 0 unspecified atom stereocenters. The number of halogens is 4. The quantitative estimate of drug-likeness (QED) is 0.584. The van der Waals surface area contributed by atoms with E-state index in [0.29, 0.717) is 21.5 Å². The van der Waals surface area contributed by atoms with Gasteiger partial charge in [0, 0.05) is 9.86 Å². The Labute approximate surface area is 138 Å². The number of nitrogens with zero attached hydrogens (tertiary/aromatic N) is 2. The van der Waals surface area contributed by atoms with Crippen LogP contribution in [0.4, 0.5) is 15.9 Å². The number of benzene rings is 2. The molecule has 3 rings (SSSR count). The number of anilines is 2. The molecule has 0 aliphatic rings. The molecule has 0 atom stereocenters. The van der Waals surface area contributed by atoms with Crippen molar-refractivity contribution in [1.29, 1.82) is 0 Å². The lowest BCUT2D eigenvalue weighted by atomic mass is 10.2. The summed E-state index contributed by atoms with van der Waals surface area (Å²) in [6.07, 6.45) is 0. The van der Waals surface area contributed by atoms with Gasteiger partial charge in [-0.05, 0) is 51.8 Å². The summed E-state index contributed by atoms with van der Waals surface area (Å²) in [4.78, 5) is 8.32. The highest BCUT2D eigenvalue weighted by Crippen LogP contribution is 2.35. The molecule has 0 aliphatic heterocycles. The van der Waals surface area contributed by atoms with Gasteiger partial charge in [-0.3, -0.25) is 0 Å². The van der Waals surface area contributed by atoms with Crippen LogP contribution in [0.3, 0.4) is 0 Å². The maximum Gasteiger partial charge on any atom is 0.224 e. The van der Waals surface area contributed by atoms with Crippen molar-refractivity contribution in [2.75, 3.05) is 5.32 Å². The molecule has 7 heteroatoms. The van der Waals surface area contributed by atoms with Gasteiger partial charge in [-0.2, -0.15) is 4.98 Å². The van der Waals surface area contributed by atoms with E-state index >= 15 is 0 Å². The van der Waals surface area contributed by atoms with E-state index < -0.39 is 5.82 Å². The molecule has 1 N–H and O–H groups in total.